The minimum atomic E-state index is -0.839. The molecule has 4 amide bonds. The van der Waals surface area contributed by atoms with Gasteiger partial charge in [-0.05, 0) is 53.5 Å². The van der Waals surface area contributed by atoms with Crippen molar-refractivity contribution < 1.29 is 24.0 Å². The largest absolute Gasteiger partial charge is 0.353 e. The van der Waals surface area contributed by atoms with Gasteiger partial charge in [0.15, 0.2) is 0 Å². The van der Waals surface area contributed by atoms with Gasteiger partial charge in [0.25, 0.3) is 0 Å². The molecule has 2 atom stereocenters. The van der Waals surface area contributed by atoms with Crippen molar-refractivity contribution in [1.82, 2.24) is 20.0 Å². The SMILES string of the molecule is CN(C)CCNC(=O)[C@H](CC(=O)C(C)(C)C)N(C)C(=O)CCCCCSC1CC(=O)N(C(C)(C)C)C1=O. The van der Waals surface area contributed by atoms with Crippen LogP contribution in [0.1, 0.15) is 80.1 Å². The predicted octanol–water partition coefficient (Wildman–Crippen LogP) is 2.72. The number of nitrogens with zero attached hydrogens (tertiary/aromatic N) is 3. The molecule has 1 heterocycles. The molecule has 1 fully saturated rings. The van der Waals surface area contributed by atoms with Crippen molar-refractivity contribution in [1.29, 1.82) is 0 Å². The first-order valence-corrected chi connectivity index (χ1v) is 14.2. The molecule has 1 unspecified atom stereocenters. The molecule has 1 rings (SSSR count). The molecule has 212 valence electrons. The third-order valence-electron chi connectivity index (χ3n) is 6.37. The Balaban J connectivity index is 2.54. The first kappa shape index (κ1) is 33.1. The second kappa shape index (κ2) is 14.3. The second-order valence-corrected chi connectivity index (χ2v) is 13.4. The Kier molecular flexibility index (Phi) is 12.8. The lowest BCUT2D eigenvalue weighted by molar-refractivity contribution is -0.143. The third-order valence-corrected chi connectivity index (χ3v) is 7.66. The van der Waals surface area contributed by atoms with E-state index < -0.39 is 17.0 Å². The molecule has 0 aromatic carbocycles. The Hall–Kier alpha value is -1.94. The molecule has 0 aromatic heterocycles. The van der Waals surface area contributed by atoms with Gasteiger partial charge in [-0.3, -0.25) is 28.9 Å². The molecular formula is C27H48N4O5S. The van der Waals surface area contributed by atoms with Gasteiger partial charge in [-0.1, -0.05) is 27.2 Å². The highest BCUT2D eigenvalue weighted by molar-refractivity contribution is 8.00. The van der Waals surface area contributed by atoms with E-state index in [4.69, 9.17) is 0 Å². The first-order chi connectivity index (χ1) is 17.0. The molecule has 0 aliphatic carbocycles. The van der Waals surface area contributed by atoms with E-state index in [1.54, 1.807) is 7.05 Å². The number of unbranched alkanes of at least 4 members (excludes halogenated alkanes) is 2. The van der Waals surface area contributed by atoms with Gasteiger partial charge in [-0.15, -0.1) is 11.8 Å². The maximum Gasteiger partial charge on any atom is 0.243 e. The van der Waals surface area contributed by atoms with Gasteiger partial charge < -0.3 is 15.1 Å². The zero-order valence-electron chi connectivity index (χ0n) is 24.3. The van der Waals surface area contributed by atoms with Gasteiger partial charge >= 0.3 is 0 Å². The molecule has 9 nitrogen and oxygen atoms in total. The van der Waals surface area contributed by atoms with Crippen LogP contribution in [0.3, 0.4) is 0 Å². The van der Waals surface area contributed by atoms with E-state index in [1.807, 2.05) is 60.5 Å². The van der Waals surface area contributed by atoms with Crippen LogP contribution in [0.2, 0.25) is 0 Å². The fourth-order valence-electron chi connectivity index (χ4n) is 3.98. The standard InChI is InChI=1S/C27H48N4O5S/c1-26(2,3)21(32)17-19(24(35)28-14-15-29(7)8)30(9)22(33)13-11-10-12-16-37-20-18-23(34)31(25(20)36)27(4,5)6/h19-20H,10-18H2,1-9H3,(H,28,35)/t19-,20?/m0/s1. The number of Topliss-reactive ketones (excluding diaryl/α,β-unsaturated/α-hetero) is 1. The van der Waals surface area contributed by atoms with Crippen LogP contribution in [0.25, 0.3) is 0 Å². The van der Waals surface area contributed by atoms with Gasteiger partial charge in [0.2, 0.25) is 23.6 Å². The fourth-order valence-corrected chi connectivity index (χ4v) is 5.14. The summed E-state index contributed by atoms with van der Waals surface area (Å²) in [6, 6.07) is -0.839. The van der Waals surface area contributed by atoms with Crippen LogP contribution in [0.4, 0.5) is 0 Å². The first-order valence-electron chi connectivity index (χ1n) is 13.2. The van der Waals surface area contributed by atoms with E-state index in [0.717, 1.165) is 18.6 Å². The molecule has 0 saturated carbocycles. The summed E-state index contributed by atoms with van der Waals surface area (Å²) in [7, 11) is 5.41. The highest BCUT2D eigenvalue weighted by Crippen LogP contribution is 2.31. The van der Waals surface area contributed by atoms with E-state index in [0.29, 0.717) is 19.5 Å². The number of likely N-dealkylation sites (N-methyl/N-ethyl adjacent to an activating group) is 2. The van der Waals surface area contributed by atoms with Crippen molar-refractivity contribution in [2.24, 2.45) is 5.41 Å². The minimum Gasteiger partial charge on any atom is -0.353 e. The number of ketones is 1. The maximum absolute atomic E-state index is 12.9. The minimum absolute atomic E-state index is 0.0180. The lowest BCUT2D eigenvalue weighted by Crippen LogP contribution is -2.50. The van der Waals surface area contributed by atoms with Crippen molar-refractivity contribution in [2.45, 2.75) is 96.9 Å². The number of amides is 4. The van der Waals surface area contributed by atoms with Gasteiger partial charge in [0.05, 0.1) is 5.25 Å². The summed E-state index contributed by atoms with van der Waals surface area (Å²) >= 11 is 1.51. The predicted molar refractivity (Wildman–Crippen MR) is 148 cm³/mol. The van der Waals surface area contributed by atoms with E-state index in [-0.39, 0.29) is 53.9 Å². The Labute approximate surface area is 227 Å². The van der Waals surface area contributed by atoms with E-state index in [9.17, 15) is 24.0 Å². The maximum atomic E-state index is 12.9. The molecule has 0 spiro atoms. The smallest absolute Gasteiger partial charge is 0.243 e. The Morgan fingerprint density at radius 1 is 1.03 bits per heavy atom. The topological polar surface area (TPSA) is 107 Å². The summed E-state index contributed by atoms with van der Waals surface area (Å²) in [5.41, 5.74) is -1.10. The van der Waals surface area contributed by atoms with Crippen LogP contribution in [0.15, 0.2) is 0 Å². The molecule has 10 heteroatoms. The van der Waals surface area contributed by atoms with Gasteiger partial charge in [0, 0.05) is 50.4 Å². The highest BCUT2D eigenvalue weighted by Gasteiger charge is 2.44. The van der Waals surface area contributed by atoms with Gasteiger partial charge in [-0.25, -0.2) is 0 Å². The monoisotopic (exact) mass is 540 g/mol. The van der Waals surface area contributed by atoms with Crippen molar-refractivity contribution in [3.63, 3.8) is 0 Å². The Bertz CT molecular complexity index is 832. The molecule has 1 saturated heterocycles. The van der Waals surface area contributed by atoms with Crippen LogP contribution in [0, 0.1) is 5.41 Å². The third kappa shape index (κ3) is 10.8. The molecule has 1 aliphatic rings. The molecule has 1 N–H and O–H groups in total. The Morgan fingerprint density at radius 3 is 2.16 bits per heavy atom. The number of rotatable bonds is 14. The average Bonchev–Trinajstić information content (AvgIpc) is 3.05. The molecular weight excluding hydrogens is 492 g/mol. The summed E-state index contributed by atoms with van der Waals surface area (Å²) in [4.78, 5) is 68.0. The van der Waals surface area contributed by atoms with E-state index in [1.165, 1.54) is 21.6 Å². The summed E-state index contributed by atoms with van der Waals surface area (Å²) in [5, 5.41) is 2.52. The zero-order chi connectivity index (χ0) is 28.6. The quantitative estimate of drug-likeness (QED) is 0.267. The lowest BCUT2D eigenvalue weighted by Gasteiger charge is -2.30. The van der Waals surface area contributed by atoms with E-state index >= 15 is 0 Å². The highest BCUT2D eigenvalue weighted by atomic mass is 32.2. The number of hydrogen-bond donors (Lipinski definition) is 1. The van der Waals surface area contributed by atoms with Crippen LogP contribution in [0.5, 0.6) is 0 Å². The molecule has 0 aromatic rings. The summed E-state index contributed by atoms with van der Waals surface area (Å²) < 4.78 is 0. The summed E-state index contributed by atoms with van der Waals surface area (Å²) in [6.07, 6.45) is 2.78. The van der Waals surface area contributed by atoms with Gasteiger partial charge in [0.1, 0.15) is 11.8 Å². The number of thioether (sulfide) groups is 1. The molecule has 37 heavy (non-hydrogen) atoms. The number of hydrogen-bond acceptors (Lipinski definition) is 7. The second-order valence-electron chi connectivity index (χ2n) is 12.1. The van der Waals surface area contributed by atoms with Gasteiger partial charge in [-0.2, -0.15) is 0 Å². The molecule has 0 bridgehead atoms. The molecule has 0 radical (unpaired) electrons. The van der Waals surface area contributed by atoms with Crippen LogP contribution in [-0.4, -0.2) is 101 Å². The number of carbonyl (C=O) groups is 5. The van der Waals surface area contributed by atoms with Crippen LogP contribution < -0.4 is 5.32 Å². The van der Waals surface area contributed by atoms with Crippen molar-refractivity contribution in [3.05, 3.63) is 0 Å². The number of imide groups is 1. The van der Waals surface area contributed by atoms with Crippen molar-refractivity contribution in [2.75, 3.05) is 40.0 Å². The van der Waals surface area contributed by atoms with E-state index in [2.05, 4.69) is 5.32 Å². The number of nitrogens with one attached hydrogen (secondary N) is 1. The normalized spacial score (nSPS) is 17.4. The average molecular weight is 541 g/mol. The van der Waals surface area contributed by atoms with Crippen LogP contribution >= 0.6 is 11.8 Å². The summed E-state index contributed by atoms with van der Waals surface area (Å²) in [6.45, 7) is 12.1. The Morgan fingerprint density at radius 2 is 1.65 bits per heavy atom. The van der Waals surface area contributed by atoms with Crippen molar-refractivity contribution in [3.8, 4) is 0 Å². The lowest BCUT2D eigenvalue weighted by atomic mass is 9.86. The fraction of sp³-hybridized carbons (Fsp3) is 0.815. The van der Waals surface area contributed by atoms with Crippen LogP contribution in [-0.2, 0) is 24.0 Å². The number of likely N-dealkylation sites (tertiary alicyclic amines) is 1. The molecule has 1 aliphatic heterocycles. The summed E-state index contributed by atoms with van der Waals surface area (Å²) in [5.74, 6) is -0.0380. The zero-order valence-corrected chi connectivity index (χ0v) is 25.1. The van der Waals surface area contributed by atoms with Crippen molar-refractivity contribution >= 4 is 41.2 Å². The number of carbonyl (C=O) groups excluding carboxylic acids is 5.